The summed E-state index contributed by atoms with van der Waals surface area (Å²) < 4.78 is 0. The number of rotatable bonds is 2. The van der Waals surface area contributed by atoms with Crippen LogP contribution in [0.2, 0.25) is 0 Å². The van der Waals surface area contributed by atoms with Crippen LogP contribution in [0.25, 0.3) is 0 Å². The van der Waals surface area contributed by atoms with E-state index in [9.17, 15) is 4.79 Å². The zero-order chi connectivity index (χ0) is 9.42. The van der Waals surface area contributed by atoms with Crippen LogP contribution in [0.15, 0.2) is 0 Å². The summed E-state index contributed by atoms with van der Waals surface area (Å²) in [7, 11) is 0. The van der Waals surface area contributed by atoms with Crippen molar-refractivity contribution in [3.8, 4) is 0 Å². The van der Waals surface area contributed by atoms with Gasteiger partial charge in [-0.1, -0.05) is 0 Å². The minimum absolute atomic E-state index is 0.130. The van der Waals surface area contributed by atoms with E-state index in [1.807, 2.05) is 0 Å². The van der Waals surface area contributed by atoms with Crippen LogP contribution in [0.5, 0.6) is 0 Å². The van der Waals surface area contributed by atoms with E-state index in [1.165, 1.54) is 17.7 Å². The third-order valence-electron chi connectivity index (χ3n) is 3.22. The smallest absolute Gasteiger partial charge is 0.407 e. The minimum atomic E-state index is -0.846. The molecule has 1 aliphatic carbocycles. The lowest BCUT2D eigenvalue weighted by molar-refractivity contribution is 0.150. The molecule has 0 aromatic rings. The average molecular weight is 185 g/mol. The Kier molecular flexibility index (Phi) is 2.15. The standard InChI is InChI=1S/C9H15NO3/c11-5-7-3-10(9(12)13)4-8(7)6-1-2-6/h6-8,11H,1-5H2,(H,12,13). The first kappa shape index (κ1) is 8.81. The van der Waals surface area contributed by atoms with Crippen LogP contribution in [0.4, 0.5) is 4.79 Å². The molecule has 0 spiro atoms. The predicted molar refractivity (Wildman–Crippen MR) is 46.4 cm³/mol. The summed E-state index contributed by atoms with van der Waals surface area (Å²) in [5.74, 6) is 1.28. The summed E-state index contributed by atoms with van der Waals surface area (Å²) in [4.78, 5) is 12.1. The van der Waals surface area contributed by atoms with Gasteiger partial charge >= 0.3 is 6.09 Å². The summed E-state index contributed by atoms with van der Waals surface area (Å²) in [6, 6.07) is 0. The van der Waals surface area contributed by atoms with Crippen LogP contribution in [-0.4, -0.2) is 40.9 Å². The quantitative estimate of drug-likeness (QED) is 0.662. The van der Waals surface area contributed by atoms with Crippen LogP contribution < -0.4 is 0 Å². The molecule has 2 N–H and O–H groups in total. The third-order valence-corrected chi connectivity index (χ3v) is 3.22. The summed E-state index contributed by atoms with van der Waals surface area (Å²) in [6.07, 6.45) is 1.59. The maximum absolute atomic E-state index is 10.7. The Morgan fingerprint density at radius 3 is 2.54 bits per heavy atom. The van der Waals surface area contributed by atoms with Crippen molar-refractivity contribution in [2.24, 2.45) is 17.8 Å². The minimum Gasteiger partial charge on any atom is -0.465 e. The highest BCUT2D eigenvalue weighted by molar-refractivity contribution is 5.65. The van der Waals surface area contributed by atoms with Gasteiger partial charge in [0.1, 0.15) is 0 Å². The topological polar surface area (TPSA) is 60.8 Å². The van der Waals surface area contributed by atoms with E-state index in [0.717, 1.165) is 0 Å². The SMILES string of the molecule is O=C(O)N1CC(CO)C(C2CC2)C1. The second kappa shape index (κ2) is 3.18. The van der Waals surface area contributed by atoms with Crippen molar-refractivity contribution in [2.75, 3.05) is 19.7 Å². The number of likely N-dealkylation sites (tertiary alicyclic amines) is 1. The van der Waals surface area contributed by atoms with E-state index in [4.69, 9.17) is 10.2 Å². The van der Waals surface area contributed by atoms with E-state index in [2.05, 4.69) is 0 Å². The summed E-state index contributed by atoms with van der Waals surface area (Å²) in [6.45, 7) is 1.28. The molecule has 1 amide bonds. The van der Waals surface area contributed by atoms with Gasteiger partial charge < -0.3 is 15.1 Å². The lowest BCUT2D eigenvalue weighted by Crippen LogP contribution is -2.27. The lowest BCUT2D eigenvalue weighted by atomic mass is 9.92. The molecule has 2 rings (SSSR count). The van der Waals surface area contributed by atoms with Gasteiger partial charge in [-0.25, -0.2) is 4.79 Å². The fraction of sp³-hybridized carbons (Fsp3) is 0.889. The molecule has 1 saturated carbocycles. The van der Waals surface area contributed by atoms with E-state index < -0.39 is 6.09 Å². The first-order chi connectivity index (χ1) is 6.22. The molecule has 2 fully saturated rings. The molecule has 4 heteroatoms. The number of amides is 1. The van der Waals surface area contributed by atoms with Crippen molar-refractivity contribution in [3.63, 3.8) is 0 Å². The second-order valence-corrected chi connectivity index (χ2v) is 4.13. The molecular formula is C9H15NO3. The molecule has 0 radical (unpaired) electrons. The number of carboxylic acid groups (broad SMARTS) is 1. The molecule has 1 saturated heterocycles. The van der Waals surface area contributed by atoms with Crippen LogP contribution in [-0.2, 0) is 0 Å². The van der Waals surface area contributed by atoms with E-state index in [-0.39, 0.29) is 12.5 Å². The first-order valence-electron chi connectivity index (χ1n) is 4.81. The van der Waals surface area contributed by atoms with Crippen LogP contribution in [0.1, 0.15) is 12.8 Å². The molecule has 0 aromatic heterocycles. The van der Waals surface area contributed by atoms with E-state index >= 15 is 0 Å². The Labute approximate surface area is 77.2 Å². The van der Waals surface area contributed by atoms with Crippen LogP contribution in [0, 0.1) is 17.8 Å². The van der Waals surface area contributed by atoms with E-state index in [0.29, 0.717) is 24.9 Å². The van der Waals surface area contributed by atoms with Gasteiger partial charge in [0, 0.05) is 25.6 Å². The molecule has 13 heavy (non-hydrogen) atoms. The normalized spacial score (nSPS) is 33.8. The van der Waals surface area contributed by atoms with Gasteiger partial charge in [-0.2, -0.15) is 0 Å². The molecule has 2 atom stereocenters. The Morgan fingerprint density at radius 2 is 2.08 bits per heavy atom. The lowest BCUT2D eigenvalue weighted by Gasteiger charge is -2.13. The Bertz CT molecular complexity index is 215. The van der Waals surface area contributed by atoms with Crippen molar-refractivity contribution in [1.29, 1.82) is 0 Å². The highest BCUT2D eigenvalue weighted by Crippen LogP contribution is 2.43. The maximum Gasteiger partial charge on any atom is 0.407 e. The molecule has 1 heterocycles. The number of carbonyl (C=O) groups is 1. The Morgan fingerprint density at radius 1 is 1.38 bits per heavy atom. The Hall–Kier alpha value is -0.770. The van der Waals surface area contributed by atoms with Gasteiger partial charge in [0.15, 0.2) is 0 Å². The van der Waals surface area contributed by atoms with Crippen molar-refractivity contribution in [3.05, 3.63) is 0 Å². The summed E-state index contributed by atoms with van der Waals surface area (Å²) in [5.41, 5.74) is 0. The van der Waals surface area contributed by atoms with Gasteiger partial charge in [-0.3, -0.25) is 0 Å². The van der Waals surface area contributed by atoms with Crippen molar-refractivity contribution >= 4 is 6.09 Å². The number of hydrogen-bond acceptors (Lipinski definition) is 2. The van der Waals surface area contributed by atoms with Gasteiger partial charge in [0.05, 0.1) is 0 Å². The summed E-state index contributed by atoms with van der Waals surface area (Å²) >= 11 is 0. The molecule has 0 bridgehead atoms. The largest absolute Gasteiger partial charge is 0.465 e. The molecule has 2 aliphatic rings. The average Bonchev–Trinajstić information content (AvgIpc) is 2.84. The molecule has 0 aromatic carbocycles. The van der Waals surface area contributed by atoms with Gasteiger partial charge in [0.25, 0.3) is 0 Å². The number of hydrogen-bond donors (Lipinski definition) is 2. The second-order valence-electron chi connectivity index (χ2n) is 4.13. The van der Waals surface area contributed by atoms with Crippen molar-refractivity contribution in [2.45, 2.75) is 12.8 Å². The maximum atomic E-state index is 10.7. The van der Waals surface area contributed by atoms with Crippen LogP contribution in [0.3, 0.4) is 0 Å². The van der Waals surface area contributed by atoms with Gasteiger partial charge in [-0.05, 0) is 24.7 Å². The Balaban J connectivity index is 1.98. The van der Waals surface area contributed by atoms with Crippen LogP contribution >= 0.6 is 0 Å². The molecule has 1 aliphatic heterocycles. The van der Waals surface area contributed by atoms with Gasteiger partial charge in [0.2, 0.25) is 0 Å². The molecule has 74 valence electrons. The van der Waals surface area contributed by atoms with E-state index in [1.54, 1.807) is 0 Å². The van der Waals surface area contributed by atoms with Gasteiger partial charge in [-0.15, -0.1) is 0 Å². The first-order valence-corrected chi connectivity index (χ1v) is 4.81. The fourth-order valence-corrected chi connectivity index (χ4v) is 2.30. The highest BCUT2D eigenvalue weighted by atomic mass is 16.4. The number of aliphatic hydroxyl groups is 1. The monoisotopic (exact) mass is 185 g/mol. The molecule has 4 nitrogen and oxygen atoms in total. The van der Waals surface area contributed by atoms with Crippen molar-refractivity contribution < 1.29 is 15.0 Å². The third kappa shape index (κ3) is 1.63. The molecular weight excluding hydrogens is 170 g/mol. The zero-order valence-corrected chi connectivity index (χ0v) is 7.52. The van der Waals surface area contributed by atoms with Crippen molar-refractivity contribution in [1.82, 2.24) is 4.90 Å². The molecule has 2 unspecified atom stereocenters. The predicted octanol–water partition coefficient (Wildman–Crippen LogP) is 0.615. The number of aliphatic hydroxyl groups excluding tert-OH is 1. The highest BCUT2D eigenvalue weighted by Gasteiger charge is 2.43. The summed E-state index contributed by atoms with van der Waals surface area (Å²) in [5, 5.41) is 17.9. The zero-order valence-electron chi connectivity index (χ0n) is 7.52. The number of nitrogens with zero attached hydrogens (tertiary/aromatic N) is 1. The fourth-order valence-electron chi connectivity index (χ4n) is 2.30.